The molecule has 19 heavy (non-hydrogen) atoms. The molecule has 0 atom stereocenters. The van der Waals surface area contributed by atoms with Gasteiger partial charge in [-0.05, 0) is 0 Å². The molecule has 0 amide bonds. The summed E-state index contributed by atoms with van der Waals surface area (Å²) in [4.78, 5) is 8.59. The fourth-order valence-electron chi connectivity index (χ4n) is 1.96. The number of nitrogens with zero attached hydrogens (tertiary/aromatic N) is 3. The van der Waals surface area contributed by atoms with Gasteiger partial charge >= 0.3 is 0 Å². The molecule has 0 saturated heterocycles. The first-order chi connectivity index (χ1) is 9.38. The van der Waals surface area contributed by atoms with Crippen molar-refractivity contribution in [3.8, 4) is 22.8 Å². The summed E-state index contributed by atoms with van der Waals surface area (Å²) in [6, 6.07) is 12.0. The predicted octanol–water partition coefficient (Wildman–Crippen LogP) is 2.94. The van der Waals surface area contributed by atoms with Crippen molar-refractivity contribution < 1.29 is 4.74 Å². The topological polar surface area (TPSA) is 39.9 Å². The van der Waals surface area contributed by atoms with E-state index in [1.165, 1.54) is 0 Å². The first-order valence-electron chi connectivity index (χ1n) is 5.96. The number of benzene rings is 1. The first-order valence-corrected chi connectivity index (χ1v) is 5.96. The molecule has 2 aromatic heterocycles. The fraction of sp³-hybridized carbons (Fsp3) is 0.0667. The zero-order chi connectivity index (χ0) is 13.1. The maximum atomic E-state index is 5.20. The van der Waals surface area contributed by atoms with E-state index in [0.29, 0.717) is 0 Å². The Morgan fingerprint density at radius 2 is 1.95 bits per heavy atom. The van der Waals surface area contributed by atoms with Crippen LogP contribution in [0.5, 0.6) is 5.75 Å². The van der Waals surface area contributed by atoms with E-state index in [1.54, 1.807) is 25.7 Å². The minimum atomic E-state index is 0.727. The SMILES string of the molecule is COc1cncc(-n2ccnc2-c2ccccc2)c1. The number of aromatic nitrogens is 3. The maximum Gasteiger partial charge on any atom is 0.144 e. The number of pyridine rings is 1. The van der Waals surface area contributed by atoms with Crippen LogP contribution >= 0.6 is 0 Å². The lowest BCUT2D eigenvalue weighted by Crippen LogP contribution is -1.97. The van der Waals surface area contributed by atoms with Crippen LogP contribution in [-0.4, -0.2) is 21.6 Å². The molecule has 0 fully saturated rings. The number of hydrogen-bond donors (Lipinski definition) is 0. The van der Waals surface area contributed by atoms with Gasteiger partial charge in [0.05, 0.1) is 25.2 Å². The third-order valence-electron chi connectivity index (χ3n) is 2.89. The molecule has 4 heteroatoms. The van der Waals surface area contributed by atoms with E-state index in [-0.39, 0.29) is 0 Å². The van der Waals surface area contributed by atoms with Crippen molar-refractivity contribution in [2.45, 2.75) is 0 Å². The van der Waals surface area contributed by atoms with Gasteiger partial charge in [-0.25, -0.2) is 4.98 Å². The lowest BCUT2D eigenvalue weighted by atomic mass is 10.2. The van der Waals surface area contributed by atoms with Gasteiger partial charge in [0.2, 0.25) is 0 Å². The summed E-state index contributed by atoms with van der Waals surface area (Å²) in [6.45, 7) is 0. The van der Waals surface area contributed by atoms with Gasteiger partial charge in [0.25, 0.3) is 0 Å². The number of ether oxygens (including phenoxy) is 1. The lowest BCUT2D eigenvalue weighted by molar-refractivity contribution is 0.412. The molecule has 3 aromatic rings. The summed E-state index contributed by atoms with van der Waals surface area (Å²) in [7, 11) is 1.63. The minimum absolute atomic E-state index is 0.727. The van der Waals surface area contributed by atoms with Crippen molar-refractivity contribution >= 4 is 0 Å². The molecule has 0 spiro atoms. The standard InChI is InChI=1S/C15H13N3O/c1-19-14-9-13(10-16-11-14)18-8-7-17-15(18)12-5-3-2-4-6-12/h2-11H,1H3. The van der Waals surface area contributed by atoms with Gasteiger partial charge in [0.15, 0.2) is 0 Å². The summed E-state index contributed by atoms with van der Waals surface area (Å²) >= 11 is 0. The van der Waals surface area contributed by atoms with E-state index in [9.17, 15) is 0 Å². The Morgan fingerprint density at radius 1 is 1.11 bits per heavy atom. The molecule has 0 unspecified atom stereocenters. The van der Waals surface area contributed by atoms with E-state index in [2.05, 4.69) is 9.97 Å². The molecule has 0 saturated carbocycles. The fourth-order valence-corrected chi connectivity index (χ4v) is 1.96. The highest BCUT2D eigenvalue weighted by molar-refractivity contribution is 5.58. The van der Waals surface area contributed by atoms with Crippen molar-refractivity contribution in [1.82, 2.24) is 14.5 Å². The van der Waals surface area contributed by atoms with Crippen LogP contribution in [0.4, 0.5) is 0 Å². The monoisotopic (exact) mass is 251 g/mol. The van der Waals surface area contributed by atoms with Gasteiger partial charge in [0.1, 0.15) is 11.6 Å². The summed E-state index contributed by atoms with van der Waals surface area (Å²) < 4.78 is 7.19. The Hall–Kier alpha value is -2.62. The molecule has 1 aromatic carbocycles. The number of imidazole rings is 1. The van der Waals surface area contributed by atoms with Crippen LogP contribution in [-0.2, 0) is 0 Å². The second-order valence-electron chi connectivity index (χ2n) is 4.07. The van der Waals surface area contributed by atoms with Gasteiger partial charge in [-0.2, -0.15) is 0 Å². The zero-order valence-corrected chi connectivity index (χ0v) is 10.5. The second kappa shape index (κ2) is 4.94. The largest absolute Gasteiger partial charge is 0.495 e. The first kappa shape index (κ1) is 11.5. The summed E-state index contributed by atoms with van der Waals surface area (Å²) in [5.74, 6) is 1.61. The Morgan fingerprint density at radius 3 is 2.74 bits per heavy atom. The summed E-state index contributed by atoms with van der Waals surface area (Å²) in [5.41, 5.74) is 1.99. The Labute approximate surface area is 111 Å². The molecule has 0 bridgehead atoms. The number of methoxy groups -OCH3 is 1. The third kappa shape index (κ3) is 2.20. The smallest absolute Gasteiger partial charge is 0.144 e. The van der Waals surface area contributed by atoms with Crippen molar-refractivity contribution in [1.29, 1.82) is 0 Å². The van der Waals surface area contributed by atoms with Crippen molar-refractivity contribution in [2.75, 3.05) is 7.11 Å². The highest BCUT2D eigenvalue weighted by Crippen LogP contribution is 2.22. The minimum Gasteiger partial charge on any atom is -0.495 e. The highest BCUT2D eigenvalue weighted by Gasteiger charge is 2.08. The molecule has 0 N–H and O–H groups in total. The summed E-state index contributed by atoms with van der Waals surface area (Å²) in [5, 5.41) is 0. The molecule has 4 nitrogen and oxygen atoms in total. The molecule has 94 valence electrons. The van der Waals surface area contributed by atoms with E-state index >= 15 is 0 Å². The second-order valence-corrected chi connectivity index (χ2v) is 4.07. The van der Waals surface area contributed by atoms with Crippen molar-refractivity contribution in [2.24, 2.45) is 0 Å². The predicted molar refractivity (Wildman–Crippen MR) is 73.3 cm³/mol. The lowest BCUT2D eigenvalue weighted by Gasteiger charge is -2.08. The molecular weight excluding hydrogens is 238 g/mol. The molecule has 3 rings (SSSR count). The zero-order valence-electron chi connectivity index (χ0n) is 10.5. The quantitative estimate of drug-likeness (QED) is 0.718. The van der Waals surface area contributed by atoms with Crippen LogP contribution in [0, 0.1) is 0 Å². The average molecular weight is 251 g/mol. The van der Waals surface area contributed by atoms with Crippen LogP contribution in [0.2, 0.25) is 0 Å². The molecule has 2 heterocycles. The van der Waals surface area contributed by atoms with Gasteiger partial charge in [-0.3, -0.25) is 9.55 Å². The van der Waals surface area contributed by atoms with E-state index in [1.807, 2.05) is 47.2 Å². The van der Waals surface area contributed by atoms with Gasteiger partial charge in [0, 0.05) is 24.0 Å². The Kier molecular flexibility index (Phi) is 2.98. The normalized spacial score (nSPS) is 10.4. The van der Waals surface area contributed by atoms with Crippen LogP contribution < -0.4 is 4.74 Å². The molecule has 0 aliphatic heterocycles. The van der Waals surface area contributed by atoms with E-state index in [4.69, 9.17) is 4.74 Å². The van der Waals surface area contributed by atoms with E-state index < -0.39 is 0 Å². The summed E-state index contributed by atoms with van der Waals surface area (Å²) in [6.07, 6.45) is 7.17. The third-order valence-corrected chi connectivity index (χ3v) is 2.89. The van der Waals surface area contributed by atoms with Crippen LogP contribution in [0.25, 0.3) is 17.1 Å². The van der Waals surface area contributed by atoms with Crippen LogP contribution in [0.3, 0.4) is 0 Å². The molecule has 0 aliphatic carbocycles. The van der Waals surface area contributed by atoms with Gasteiger partial charge in [-0.15, -0.1) is 0 Å². The number of hydrogen-bond acceptors (Lipinski definition) is 3. The maximum absolute atomic E-state index is 5.20. The van der Waals surface area contributed by atoms with Crippen molar-refractivity contribution in [3.05, 3.63) is 61.2 Å². The van der Waals surface area contributed by atoms with E-state index in [0.717, 1.165) is 22.8 Å². The average Bonchev–Trinajstić information content (AvgIpc) is 2.98. The molecular formula is C15H13N3O. The Bertz CT molecular complexity index is 677. The van der Waals surface area contributed by atoms with Crippen LogP contribution in [0.15, 0.2) is 61.2 Å². The molecule has 0 radical (unpaired) electrons. The van der Waals surface area contributed by atoms with Gasteiger partial charge < -0.3 is 4.74 Å². The van der Waals surface area contributed by atoms with Crippen molar-refractivity contribution in [3.63, 3.8) is 0 Å². The number of rotatable bonds is 3. The van der Waals surface area contributed by atoms with Crippen LogP contribution in [0.1, 0.15) is 0 Å². The van der Waals surface area contributed by atoms with Gasteiger partial charge in [-0.1, -0.05) is 30.3 Å². The Balaban J connectivity index is 2.09. The molecule has 0 aliphatic rings. The highest BCUT2D eigenvalue weighted by atomic mass is 16.5.